The van der Waals surface area contributed by atoms with E-state index in [0.29, 0.717) is 5.92 Å². The molecule has 0 radical (unpaired) electrons. The van der Waals surface area contributed by atoms with E-state index in [2.05, 4.69) is 17.6 Å². The fourth-order valence-corrected chi connectivity index (χ4v) is 2.67. The lowest BCUT2D eigenvalue weighted by atomic mass is 9.86. The van der Waals surface area contributed by atoms with E-state index in [1.807, 2.05) is 12.3 Å². The van der Waals surface area contributed by atoms with Crippen LogP contribution in [0.25, 0.3) is 16.5 Å². The first-order chi connectivity index (χ1) is 8.78. The molecule has 0 spiro atoms. The van der Waals surface area contributed by atoms with Gasteiger partial charge < -0.3 is 4.98 Å². The summed E-state index contributed by atoms with van der Waals surface area (Å²) in [6.07, 6.45) is 9.51. The topological polar surface area (TPSA) is 15.8 Å². The van der Waals surface area contributed by atoms with E-state index in [4.69, 9.17) is 0 Å². The van der Waals surface area contributed by atoms with Gasteiger partial charge in [0.1, 0.15) is 5.82 Å². The van der Waals surface area contributed by atoms with Crippen LogP contribution in [0.5, 0.6) is 0 Å². The minimum absolute atomic E-state index is 0.177. The summed E-state index contributed by atoms with van der Waals surface area (Å²) < 4.78 is 13.3. The molecule has 0 bridgehead atoms. The predicted octanol–water partition coefficient (Wildman–Crippen LogP) is 4.68. The van der Waals surface area contributed by atoms with Gasteiger partial charge in [0.25, 0.3) is 0 Å². The Kier molecular flexibility index (Phi) is 2.78. The van der Waals surface area contributed by atoms with Crippen molar-refractivity contribution in [1.29, 1.82) is 0 Å². The minimum Gasteiger partial charge on any atom is -0.361 e. The van der Waals surface area contributed by atoms with E-state index in [9.17, 15) is 4.39 Å². The van der Waals surface area contributed by atoms with Crippen LogP contribution < -0.4 is 0 Å². The third-order valence-electron chi connectivity index (χ3n) is 3.77. The lowest BCUT2D eigenvalue weighted by Crippen LogP contribution is -2.01. The largest absolute Gasteiger partial charge is 0.361 e. The van der Waals surface area contributed by atoms with E-state index in [1.165, 1.54) is 11.6 Å². The van der Waals surface area contributed by atoms with Crippen LogP contribution in [-0.4, -0.2) is 4.98 Å². The van der Waals surface area contributed by atoms with E-state index < -0.39 is 0 Å². The second-order valence-corrected chi connectivity index (χ2v) is 4.89. The Morgan fingerprint density at radius 3 is 3.00 bits per heavy atom. The highest BCUT2D eigenvalue weighted by molar-refractivity contribution is 5.92. The van der Waals surface area contributed by atoms with Gasteiger partial charge >= 0.3 is 0 Å². The zero-order valence-corrected chi connectivity index (χ0v) is 10.2. The van der Waals surface area contributed by atoms with Gasteiger partial charge in [-0.1, -0.05) is 12.2 Å². The zero-order valence-electron chi connectivity index (χ0n) is 10.2. The Labute approximate surface area is 106 Å². The molecule has 1 aromatic carbocycles. The Morgan fingerprint density at radius 2 is 2.28 bits per heavy atom. The van der Waals surface area contributed by atoms with Gasteiger partial charge in [0, 0.05) is 22.7 Å². The fraction of sp³-hybridized carbons (Fsp3) is 0.250. The van der Waals surface area contributed by atoms with Crippen LogP contribution in [0.2, 0.25) is 0 Å². The van der Waals surface area contributed by atoms with Crippen molar-refractivity contribution in [2.75, 3.05) is 0 Å². The average Bonchev–Trinajstić information content (AvgIpc) is 2.82. The first-order valence-electron chi connectivity index (χ1n) is 6.36. The van der Waals surface area contributed by atoms with Gasteiger partial charge in [0.05, 0.1) is 0 Å². The van der Waals surface area contributed by atoms with E-state index in [-0.39, 0.29) is 5.82 Å². The monoisotopic (exact) mass is 241 g/mol. The van der Waals surface area contributed by atoms with Gasteiger partial charge in [0.15, 0.2) is 0 Å². The highest BCUT2D eigenvalue weighted by Gasteiger charge is 2.15. The third kappa shape index (κ3) is 1.88. The molecule has 0 saturated carbocycles. The molecule has 1 nitrogen and oxygen atoms in total. The van der Waals surface area contributed by atoms with Gasteiger partial charge in [-0.05, 0) is 49.0 Å². The number of rotatable bonds is 2. The van der Waals surface area contributed by atoms with Crippen molar-refractivity contribution in [2.24, 2.45) is 5.92 Å². The van der Waals surface area contributed by atoms with Crippen molar-refractivity contribution in [3.8, 4) is 0 Å². The normalized spacial score (nSPS) is 19.8. The quantitative estimate of drug-likeness (QED) is 0.735. The van der Waals surface area contributed by atoms with Crippen LogP contribution in [0.4, 0.5) is 4.39 Å². The molecule has 0 fully saturated rings. The van der Waals surface area contributed by atoms with Crippen LogP contribution in [0.15, 0.2) is 43.1 Å². The first kappa shape index (κ1) is 11.3. The van der Waals surface area contributed by atoms with Crippen molar-refractivity contribution in [3.05, 3.63) is 54.5 Å². The van der Waals surface area contributed by atoms with Crippen molar-refractivity contribution < 1.29 is 4.39 Å². The molecule has 1 aliphatic carbocycles. The molecular formula is C16H16FN. The fourth-order valence-electron chi connectivity index (χ4n) is 2.67. The summed E-state index contributed by atoms with van der Waals surface area (Å²) in [5.74, 6) is 0.416. The van der Waals surface area contributed by atoms with E-state index >= 15 is 0 Å². The number of aromatic amines is 1. The lowest BCUT2D eigenvalue weighted by Gasteiger charge is -2.18. The van der Waals surface area contributed by atoms with Crippen molar-refractivity contribution in [3.63, 3.8) is 0 Å². The van der Waals surface area contributed by atoms with Gasteiger partial charge in [-0.15, -0.1) is 6.58 Å². The molecule has 0 amide bonds. The molecule has 2 aromatic rings. The summed E-state index contributed by atoms with van der Waals surface area (Å²) in [6, 6.07) is 4.90. The summed E-state index contributed by atoms with van der Waals surface area (Å²) in [5.41, 5.74) is 3.47. The number of halogens is 1. The molecule has 3 rings (SSSR count). The van der Waals surface area contributed by atoms with Crippen LogP contribution in [0, 0.1) is 11.7 Å². The minimum atomic E-state index is -0.177. The number of hydrogen-bond acceptors (Lipinski definition) is 0. The van der Waals surface area contributed by atoms with Crippen molar-refractivity contribution in [2.45, 2.75) is 19.3 Å². The molecule has 1 aliphatic rings. The maximum Gasteiger partial charge on any atom is 0.123 e. The van der Waals surface area contributed by atoms with E-state index in [1.54, 1.807) is 12.1 Å². The number of aromatic nitrogens is 1. The lowest BCUT2D eigenvalue weighted by molar-refractivity contribution is 0.593. The van der Waals surface area contributed by atoms with Crippen LogP contribution in [0.1, 0.15) is 24.8 Å². The molecule has 92 valence electrons. The number of benzene rings is 1. The molecule has 1 heterocycles. The summed E-state index contributed by atoms with van der Waals surface area (Å²) >= 11 is 0. The maximum atomic E-state index is 13.3. The molecule has 1 atom stereocenters. The number of nitrogens with one attached hydrogen (secondary N) is 1. The zero-order chi connectivity index (χ0) is 12.5. The number of allylic oxidation sites excluding steroid dienone is 3. The molecule has 2 heteroatoms. The Morgan fingerprint density at radius 1 is 1.39 bits per heavy atom. The highest BCUT2D eigenvalue weighted by atomic mass is 19.1. The molecule has 0 saturated heterocycles. The maximum absolute atomic E-state index is 13.3. The number of hydrogen-bond donors (Lipinski definition) is 1. The van der Waals surface area contributed by atoms with Gasteiger partial charge in [-0.25, -0.2) is 4.39 Å². The van der Waals surface area contributed by atoms with Crippen molar-refractivity contribution in [1.82, 2.24) is 4.98 Å². The second-order valence-electron chi connectivity index (χ2n) is 4.89. The summed E-state index contributed by atoms with van der Waals surface area (Å²) in [5, 5.41) is 0.985. The smallest absolute Gasteiger partial charge is 0.123 e. The summed E-state index contributed by atoms with van der Waals surface area (Å²) in [4.78, 5) is 3.21. The second kappa shape index (κ2) is 4.45. The van der Waals surface area contributed by atoms with E-state index in [0.717, 1.165) is 35.7 Å². The molecule has 1 N–H and O–H groups in total. The molecule has 18 heavy (non-hydrogen) atoms. The van der Waals surface area contributed by atoms with Gasteiger partial charge in [0.2, 0.25) is 0 Å². The average molecular weight is 241 g/mol. The van der Waals surface area contributed by atoms with Gasteiger partial charge in [-0.2, -0.15) is 0 Å². The Balaban J connectivity index is 2.02. The standard InChI is InChI=1S/C16H16FN/c1-2-11-3-5-12(6-4-11)15-10-18-16-8-7-13(17)9-14(15)16/h2,5,7-11,18H,1,3-4,6H2. The molecule has 0 aliphatic heterocycles. The first-order valence-corrected chi connectivity index (χ1v) is 6.36. The Hall–Kier alpha value is -1.83. The van der Waals surface area contributed by atoms with Crippen molar-refractivity contribution >= 4 is 16.5 Å². The summed E-state index contributed by atoms with van der Waals surface area (Å²) in [7, 11) is 0. The van der Waals surface area contributed by atoms with Crippen LogP contribution in [0.3, 0.4) is 0 Å². The highest BCUT2D eigenvalue weighted by Crippen LogP contribution is 2.34. The van der Waals surface area contributed by atoms with Crippen LogP contribution in [-0.2, 0) is 0 Å². The number of fused-ring (bicyclic) bond motifs is 1. The third-order valence-corrected chi connectivity index (χ3v) is 3.77. The molecule has 1 aromatic heterocycles. The number of H-pyrrole nitrogens is 1. The van der Waals surface area contributed by atoms with Gasteiger partial charge in [-0.3, -0.25) is 0 Å². The van der Waals surface area contributed by atoms with Crippen LogP contribution >= 0.6 is 0 Å². The predicted molar refractivity (Wildman–Crippen MR) is 73.8 cm³/mol. The summed E-state index contributed by atoms with van der Waals surface area (Å²) in [6.45, 7) is 3.85. The molecule has 1 unspecified atom stereocenters. The molecular weight excluding hydrogens is 225 g/mol. The Bertz CT molecular complexity index is 621. The SMILES string of the molecule is C=CC1CC=C(c2c[nH]c3ccc(F)cc23)CC1.